The van der Waals surface area contributed by atoms with E-state index >= 15 is 0 Å². The molecule has 1 N–H and O–H groups in total. The average molecular weight is 374 g/mol. The Hall–Kier alpha value is -2.73. The van der Waals surface area contributed by atoms with E-state index in [1.54, 1.807) is 12.1 Å². The largest absolute Gasteiger partial charge is 0.334 e. The highest BCUT2D eigenvalue weighted by molar-refractivity contribution is 6.30. The predicted molar refractivity (Wildman–Crippen MR) is 93.8 cm³/mol. The van der Waals surface area contributed by atoms with Crippen LogP contribution in [0.3, 0.4) is 0 Å². The number of benzene rings is 2. The number of halogens is 3. The Morgan fingerprint density at radius 3 is 2.69 bits per heavy atom. The maximum Gasteiger partial charge on any atom is 0.257 e. The molecule has 0 fully saturated rings. The summed E-state index contributed by atoms with van der Waals surface area (Å²) in [5.74, 6) is -1.90. The minimum absolute atomic E-state index is 0.259. The van der Waals surface area contributed by atoms with Crippen LogP contribution in [0.5, 0.6) is 0 Å². The van der Waals surface area contributed by atoms with Crippen LogP contribution in [0.25, 0.3) is 11.3 Å². The zero-order valence-electron chi connectivity index (χ0n) is 13.6. The van der Waals surface area contributed by atoms with Gasteiger partial charge in [0.2, 0.25) is 0 Å². The minimum Gasteiger partial charge on any atom is -0.334 e. The van der Waals surface area contributed by atoms with E-state index in [1.165, 1.54) is 4.90 Å². The van der Waals surface area contributed by atoms with Gasteiger partial charge in [-0.05, 0) is 30.3 Å². The third-order valence-corrected chi connectivity index (χ3v) is 4.75. The Morgan fingerprint density at radius 2 is 1.92 bits per heavy atom. The third-order valence-electron chi connectivity index (χ3n) is 4.50. The van der Waals surface area contributed by atoms with E-state index in [0.717, 1.165) is 40.7 Å². The second-order valence-electron chi connectivity index (χ2n) is 6.14. The molecule has 0 saturated carbocycles. The number of amides is 1. The van der Waals surface area contributed by atoms with E-state index in [9.17, 15) is 13.6 Å². The van der Waals surface area contributed by atoms with Gasteiger partial charge in [-0.2, -0.15) is 5.10 Å². The summed E-state index contributed by atoms with van der Waals surface area (Å²) in [6, 6.07) is 10.1. The number of carbonyl (C=O) groups excluding carboxylic acids is 1. The van der Waals surface area contributed by atoms with Crippen LogP contribution in [0.4, 0.5) is 8.78 Å². The molecule has 1 amide bonds. The number of hydrogen-bond acceptors (Lipinski definition) is 2. The van der Waals surface area contributed by atoms with Gasteiger partial charge >= 0.3 is 0 Å². The molecule has 0 atom stereocenters. The van der Waals surface area contributed by atoms with Crippen LogP contribution < -0.4 is 0 Å². The molecular formula is C19H14ClF2N3O. The molecule has 26 heavy (non-hydrogen) atoms. The summed E-state index contributed by atoms with van der Waals surface area (Å²) in [6.45, 7) is 0.683. The normalized spacial score (nSPS) is 13.6. The highest BCUT2D eigenvalue weighted by Crippen LogP contribution is 2.30. The summed E-state index contributed by atoms with van der Waals surface area (Å²) in [5, 5.41) is 7.98. The molecule has 2 aromatic carbocycles. The molecule has 4 rings (SSSR count). The smallest absolute Gasteiger partial charge is 0.257 e. The van der Waals surface area contributed by atoms with Crippen LogP contribution in [-0.2, 0) is 13.0 Å². The molecule has 3 aromatic rings. The van der Waals surface area contributed by atoms with Gasteiger partial charge in [-0.3, -0.25) is 9.89 Å². The minimum atomic E-state index is -0.729. The predicted octanol–water partition coefficient (Wildman–Crippen LogP) is 4.21. The summed E-state index contributed by atoms with van der Waals surface area (Å²) in [4.78, 5) is 14.2. The van der Waals surface area contributed by atoms with E-state index < -0.39 is 17.5 Å². The molecule has 1 aliphatic rings. The topological polar surface area (TPSA) is 49.0 Å². The molecule has 7 heteroatoms. The molecule has 0 unspecified atom stereocenters. The lowest BCUT2D eigenvalue weighted by Gasteiger charge is -2.27. The van der Waals surface area contributed by atoms with Gasteiger partial charge in [-0.25, -0.2) is 8.78 Å². The number of carbonyl (C=O) groups is 1. The zero-order chi connectivity index (χ0) is 18.3. The van der Waals surface area contributed by atoms with E-state index in [0.29, 0.717) is 18.0 Å². The van der Waals surface area contributed by atoms with Gasteiger partial charge in [0, 0.05) is 41.4 Å². The number of aromatic amines is 1. The van der Waals surface area contributed by atoms with Crippen molar-refractivity contribution in [3.8, 4) is 11.3 Å². The van der Waals surface area contributed by atoms with Crippen LogP contribution in [0, 0.1) is 11.6 Å². The third kappa shape index (κ3) is 2.97. The van der Waals surface area contributed by atoms with Gasteiger partial charge in [-0.1, -0.05) is 23.7 Å². The number of hydrogen-bond donors (Lipinski definition) is 1. The SMILES string of the molecule is O=C(c1cc(F)ccc1F)N1CCc2[nH]nc(-c3ccc(Cl)cc3)c2C1. The van der Waals surface area contributed by atoms with Gasteiger partial charge in [0.1, 0.15) is 11.6 Å². The van der Waals surface area contributed by atoms with Crippen LogP contribution in [-0.4, -0.2) is 27.5 Å². The molecule has 1 aliphatic heterocycles. The maximum absolute atomic E-state index is 13.9. The molecule has 4 nitrogen and oxygen atoms in total. The lowest BCUT2D eigenvalue weighted by Crippen LogP contribution is -2.36. The second-order valence-corrected chi connectivity index (χ2v) is 6.57. The summed E-state index contributed by atoms with van der Waals surface area (Å²) >= 11 is 5.93. The number of fused-ring (bicyclic) bond motifs is 1. The van der Waals surface area contributed by atoms with Crippen molar-refractivity contribution in [3.05, 3.63) is 75.9 Å². The summed E-state index contributed by atoms with van der Waals surface area (Å²) in [7, 11) is 0. The number of H-pyrrole nitrogens is 1. The van der Waals surface area contributed by atoms with E-state index in [-0.39, 0.29) is 12.1 Å². The van der Waals surface area contributed by atoms with Crippen molar-refractivity contribution in [1.82, 2.24) is 15.1 Å². The second kappa shape index (κ2) is 6.53. The van der Waals surface area contributed by atoms with Crippen LogP contribution in [0.1, 0.15) is 21.6 Å². The first kappa shape index (κ1) is 16.7. The molecule has 1 aromatic heterocycles. The average Bonchev–Trinajstić information content (AvgIpc) is 3.07. The fraction of sp³-hybridized carbons (Fsp3) is 0.158. The zero-order valence-corrected chi connectivity index (χ0v) is 14.4. The van der Waals surface area contributed by atoms with Crippen LogP contribution in [0.15, 0.2) is 42.5 Å². The number of nitrogens with zero attached hydrogens (tertiary/aromatic N) is 2. The Balaban J connectivity index is 1.65. The molecular weight excluding hydrogens is 360 g/mol. The first-order valence-corrected chi connectivity index (χ1v) is 8.47. The van der Waals surface area contributed by atoms with Crippen molar-refractivity contribution in [1.29, 1.82) is 0 Å². The fourth-order valence-electron chi connectivity index (χ4n) is 3.15. The van der Waals surface area contributed by atoms with Gasteiger partial charge in [-0.15, -0.1) is 0 Å². The highest BCUT2D eigenvalue weighted by atomic mass is 35.5. The number of nitrogens with one attached hydrogen (secondary N) is 1. The number of aromatic nitrogens is 2. The standard InChI is InChI=1S/C19H14ClF2N3O/c20-12-3-1-11(2-4-12)18-15-10-25(8-7-17(15)23-24-18)19(26)14-9-13(21)5-6-16(14)22/h1-6,9H,7-8,10H2,(H,23,24). The van der Waals surface area contributed by atoms with Crippen molar-refractivity contribution in [2.24, 2.45) is 0 Å². The maximum atomic E-state index is 13.9. The Morgan fingerprint density at radius 1 is 1.15 bits per heavy atom. The van der Waals surface area contributed by atoms with Crippen molar-refractivity contribution >= 4 is 17.5 Å². The first-order valence-electron chi connectivity index (χ1n) is 8.09. The molecule has 0 radical (unpaired) electrons. The lowest BCUT2D eigenvalue weighted by molar-refractivity contribution is 0.0729. The van der Waals surface area contributed by atoms with Crippen LogP contribution >= 0.6 is 11.6 Å². The Bertz CT molecular complexity index is 985. The molecule has 2 heterocycles. The Kier molecular flexibility index (Phi) is 4.20. The summed E-state index contributed by atoms with van der Waals surface area (Å²) in [5.41, 5.74) is 3.17. The quantitative estimate of drug-likeness (QED) is 0.731. The fourth-order valence-corrected chi connectivity index (χ4v) is 3.27. The lowest BCUT2D eigenvalue weighted by atomic mass is 10.0. The molecule has 0 aliphatic carbocycles. The van der Waals surface area contributed by atoms with Crippen molar-refractivity contribution in [2.75, 3.05) is 6.54 Å². The number of rotatable bonds is 2. The van der Waals surface area contributed by atoms with E-state index in [2.05, 4.69) is 10.2 Å². The van der Waals surface area contributed by atoms with Gasteiger partial charge in [0.25, 0.3) is 5.91 Å². The van der Waals surface area contributed by atoms with Crippen LogP contribution in [0.2, 0.25) is 5.02 Å². The molecule has 0 spiro atoms. The van der Waals surface area contributed by atoms with Gasteiger partial charge in [0.05, 0.1) is 11.3 Å². The Labute approximate surface area is 153 Å². The van der Waals surface area contributed by atoms with Crippen molar-refractivity contribution in [3.63, 3.8) is 0 Å². The van der Waals surface area contributed by atoms with E-state index in [4.69, 9.17) is 11.6 Å². The summed E-state index contributed by atoms with van der Waals surface area (Å²) < 4.78 is 27.4. The molecule has 132 valence electrons. The summed E-state index contributed by atoms with van der Waals surface area (Å²) in [6.07, 6.45) is 0.568. The van der Waals surface area contributed by atoms with Gasteiger partial charge < -0.3 is 4.90 Å². The van der Waals surface area contributed by atoms with Crippen molar-refractivity contribution < 1.29 is 13.6 Å². The monoisotopic (exact) mass is 373 g/mol. The first-order chi connectivity index (χ1) is 12.5. The van der Waals surface area contributed by atoms with E-state index in [1.807, 2.05) is 12.1 Å². The van der Waals surface area contributed by atoms with Gasteiger partial charge in [0.15, 0.2) is 0 Å². The van der Waals surface area contributed by atoms with Crippen molar-refractivity contribution in [2.45, 2.75) is 13.0 Å². The molecule has 0 saturated heterocycles. The molecule has 0 bridgehead atoms. The highest BCUT2D eigenvalue weighted by Gasteiger charge is 2.27.